The van der Waals surface area contributed by atoms with E-state index in [0.717, 1.165) is 51.7 Å². The van der Waals surface area contributed by atoms with Crippen LogP contribution in [-0.4, -0.2) is 52.2 Å². The molecule has 0 heterocycles. The smallest absolute Gasteiger partial charge is 0.312 e. The summed E-state index contributed by atoms with van der Waals surface area (Å²) in [5.41, 5.74) is -0.320. The Hall–Kier alpha value is -0.650. The summed E-state index contributed by atoms with van der Waals surface area (Å²) in [7, 11) is 0. The van der Waals surface area contributed by atoms with Gasteiger partial charge in [0.05, 0.1) is 25.2 Å². The second-order valence-electron chi connectivity index (χ2n) is 9.58. The van der Waals surface area contributed by atoms with E-state index in [-0.39, 0.29) is 11.4 Å². The Bertz CT molecular complexity index is 411. The Labute approximate surface area is 212 Å². The number of rotatable bonds is 27. The standard InChI is InChI=1S/C29H58O5/c1-5-9-11-13-15-17-20-29(7-3,21-18-16-14-12-10-6-2)28(30)34-27-26-33-25-24-32-23-19-22-31-8-4/h5-27H2,1-4H3. The van der Waals surface area contributed by atoms with Crippen LogP contribution in [0.3, 0.4) is 0 Å². The molecule has 0 bridgehead atoms. The summed E-state index contributed by atoms with van der Waals surface area (Å²) in [5.74, 6) is -0.00658. The van der Waals surface area contributed by atoms with Crippen LogP contribution < -0.4 is 0 Å². The summed E-state index contributed by atoms with van der Waals surface area (Å²) >= 11 is 0. The van der Waals surface area contributed by atoms with E-state index in [9.17, 15) is 4.79 Å². The molecule has 5 nitrogen and oxygen atoms in total. The Morgan fingerprint density at radius 1 is 0.529 bits per heavy atom. The summed E-state index contributed by atoms with van der Waals surface area (Å²) < 4.78 is 22.1. The normalized spacial score (nSPS) is 11.8. The predicted octanol–water partition coefficient (Wildman–Crippen LogP) is 7.89. The molecule has 0 aliphatic carbocycles. The molecule has 0 atom stereocenters. The van der Waals surface area contributed by atoms with E-state index in [2.05, 4.69) is 20.8 Å². The second-order valence-corrected chi connectivity index (χ2v) is 9.58. The molecule has 0 saturated carbocycles. The van der Waals surface area contributed by atoms with Gasteiger partial charge in [0.25, 0.3) is 0 Å². The molecule has 0 aromatic carbocycles. The molecular formula is C29H58O5. The number of unbranched alkanes of at least 4 members (excludes halogenated alkanes) is 10. The van der Waals surface area contributed by atoms with Crippen molar-refractivity contribution in [1.82, 2.24) is 0 Å². The fourth-order valence-corrected chi connectivity index (χ4v) is 4.39. The third-order valence-corrected chi connectivity index (χ3v) is 6.74. The van der Waals surface area contributed by atoms with Gasteiger partial charge in [0.1, 0.15) is 6.61 Å². The van der Waals surface area contributed by atoms with Crippen LogP contribution in [0.1, 0.15) is 130 Å². The zero-order valence-electron chi connectivity index (χ0n) is 23.3. The molecule has 0 N–H and O–H groups in total. The van der Waals surface area contributed by atoms with Gasteiger partial charge in [-0.2, -0.15) is 0 Å². The van der Waals surface area contributed by atoms with Crippen molar-refractivity contribution < 1.29 is 23.7 Å². The van der Waals surface area contributed by atoms with Crippen molar-refractivity contribution in [1.29, 1.82) is 0 Å². The summed E-state index contributed by atoms with van der Waals surface area (Å²) in [6.07, 6.45) is 18.7. The summed E-state index contributed by atoms with van der Waals surface area (Å²) in [6.45, 7) is 12.7. The summed E-state index contributed by atoms with van der Waals surface area (Å²) in [5, 5.41) is 0. The number of hydrogen-bond acceptors (Lipinski definition) is 5. The SMILES string of the molecule is CCCCCCCCC(CC)(CCCCCCCC)C(=O)OCCOCCOCCCOCC. The van der Waals surface area contributed by atoms with Gasteiger partial charge in [-0.05, 0) is 32.6 Å². The lowest BCUT2D eigenvalue weighted by Gasteiger charge is -2.31. The van der Waals surface area contributed by atoms with Crippen molar-refractivity contribution in [2.45, 2.75) is 130 Å². The lowest BCUT2D eigenvalue weighted by molar-refractivity contribution is -0.159. The number of esters is 1. The number of ether oxygens (including phenoxy) is 4. The molecule has 0 amide bonds. The van der Waals surface area contributed by atoms with E-state index in [4.69, 9.17) is 18.9 Å². The monoisotopic (exact) mass is 486 g/mol. The zero-order chi connectivity index (χ0) is 25.2. The van der Waals surface area contributed by atoms with Crippen molar-refractivity contribution in [3.05, 3.63) is 0 Å². The van der Waals surface area contributed by atoms with Crippen molar-refractivity contribution in [2.75, 3.05) is 46.2 Å². The zero-order valence-corrected chi connectivity index (χ0v) is 23.3. The van der Waals surface area contributed by atoms with Crippen LogP contribution >= 0.6 is 0 Å². The lowest BCUT2D eigenvalue weighted by atomic mass is 9.75. The van der Waals surface area contributed by atoms with Gasteiger partial charge in [-0.15, -0.1) is 0 Å². The highest BCUT2D eigenvalue weighted by Gasteiger charge is 2.37. The molecule has 0 unspecified atom stereocenters. The van der Waals surface area contributed by atoms with E-state index >= 15 is 0 Å². The van der Waals surface area contributed by atoms with Gasteiger partial charge in [0, 0.05) is 19.8 Å². The maximum atomic E-state index is 13.2. The lowest BCUT2D eigenvalue weighted by Crippen LogP contribution is -2.33. The summed E-state index contributed by atoms with van der Waals surface area (Å²) in [4.78, 5) is 13.2. The van der Waals surface area contributed by atoms with Crippen molar-refractivity contribution >= 4 is 5.97 Å². The molecule has 0 radical (unpaired) electrons. The van der Waals surface area contributed by atoms with Gasteiger partial charge in [-0.25, -0.2) is 0 Å². The highest BCUT2D eigenvalue weighted by atomic mass is 16.6. The third kappa shape index (κ3) is 18.6. The Morgan fingerprint density at radius 3 is 1.53 bits per heavy atom. The first-order chi connectivity index (χ1) is 16.7. The van der Waals surface area contributed by atoms with E-state index in [1.807, 2.05) is 6.92 Å². The van der Waals surface area contributed by atoms with Gasteiger partial charge >= 0.3 is 5.97 Å². The van der Waals surface area contributed by atoms with Crippen LogP contribution in [0.2, 0.25) is 0 Å². The Morgan fingerprint density at radius 2 is 1.00 bits per heavy atom. The minimum Gasteiger partial charge on any atom is -0.463 e. The van der Waals surface area contributed by atoms with Crippen LogP contribution in [0.15, 0.2) is 0 Å². The maximum absolute atomic E-state index is 13.2. The number of carbonyl (C=O) groups is 1. The number of hydrogen-bond donors (Lipinski definition) is 0. The molecule has 0 rings (SSSR count). The van der Waals surface area contributed by atoms with E-state index < -0.39 is 0 Å². The topological polar surface area (TPSA) is 54.0 Å². The predicted molar refractivity (Wildman–Crippen MR) is 142 cm³/mol. The van der Waals surface area contributed by atoms with Gasteiger partial charge in [-0.3, -0.25) is 4.79 Å². The van der Waals surface area contributed by atoms with Gasteiger partial charge in [0.2, 0.25) is 0 Å². The first-order valence-corrected chi connectivity index (χ1v) is 14.6. The largest absolute Gasteiger partial charge is 0.463 e. The molecule has 0 aliphatic heterocycles. The van der Waals surface area contributed by atoms with Crippen molar-refractivity contribution in [3.63, 3.8) is 0 Å². The Kier molecular flexibility index (Phi) is 25.0. The van der Waals surface area contributed by atoms with E-state index in [0.29, 0.717) is 33.0 Å². The minimum atomic E-state index is -0.320. The molecule has 0 spiro atoms. The van der Waals surface area contributed by atoms with Crippen molar-refractivity contribution in [3.8, 4) is 0 Å². The molecular weight excluding hydrogens is 428 g/mol. The number of carbonyl (C=O) groups excluding carboxylic acids is 1. The summed E-state index contributed by atoms with van der Waals surface area (Å²) in [6, 6.07) is 0. The molecule has 0 aliphatic rings. The molecule has 0 aromatic rings. The average Bonchev–Trinajstić information content (AvgIpc) is 2.85. The van der Waals surface area contributed by atoms with Crippen LogP contribution in [0.4, 0.5) is 0 Å². The van der Waals surface area contributed by atoms with Crippen LogP contribution in [0.25, 0.3) is 0 Å². The van der Waals surface area contributed by atoms with Gasteiger partial charge in [0.15, 0.2) is 0 Å². The first kappa shape index (κ1) is 33.4. The average molecular weight is 487 g/mol. The third-order valence-electron chi connectivity index (χ3n) is 6.74. The minimum absolute atomic E-state index is 0.00658. The quantitative estimate of drug-likeness (QED) is 0.0872. The maximum Gasteiger partial charge on any atom is 0.312 e. The van der Waals surface area contributed by atoms with Crippen molar-refractivity contribution in [2.24, 2.45) is 5.41 Å². The highest BCUT2D eigenvalue weighted by molar-refractivity contribution is 5.76. The molecule has 5 heteroatoms. The van der Waals surface area contributed by atoms with E-state index in [1.165, 1.54) is 64.2 Å². The molecule has 204 valence electrons. The van der Waals surface area contributed by atoms with Gasteiger partial charge in [-0.1, -0.05) is 97.8 Å². The molecule has 0 aromatic heterocycles. The first-order valence-electron chi connectivity index (χ1n) is 14.6. The fourth-order valence-electron chi connectivity index (χ4n) is 4.39. The highest BCUT2D eigenvalue weighted by Crippen LogP contribution is 2.37. The van der Waals surface area contributed by atoms with E-state index in [1.54, 1.807) is 0 Å². The second kappa shape index (κ2) is 25.4. The molecule has 0 fully saturated rings. The fraction of sp³-hybridized carbons (Fsp3) is 0.966. The van der Waals surface area contributed by atoms with Gasteiger partial charge < -0.3 is 18.9 Å². The molecule has 0 saturated heterocycles. The van der Waals surface area contributed by atoms with Crippen LogP contribution in [0, 0.1) is 5.41 Å². The van der Waals surface area contributed by atoms with Crippen LogP contribution in [-0.2, 0) is 23.7 Å². The molecule has 34 heavy (non-hydrogen) atoms. The van der Waals surface area contributed by atoms with Crippen LogP contribution in [0.5, 0.6) is 0 Å². The Balaban J connectivity index is 4.30.